The van der Waals surface area contributed by atoms with Crippen LogP contribution in [0.1, 0.15) is 64.7 Å². The van der Waals surface area contributed by atoms with Crippen molar-refractivity contribution in [1.29, 1.82) is 0 Å². The highest BCUT2D eigenvalue weighted by Crippen LogP contribution is 2.28. The minimum absolute atomic E-state index is 0.120. The number of hydrogen-bond acceptors (Lipinski definition) is 3. The monoisotopic (exact) mass is 292 g/mol. The Morgan fingerprint density at radius 3 is 2.76 bits per heavy atom. The molecule has 0 radical (unpaired) electrons. The van der Waals surface area contributed by atoms with E-state index in [2.05, 4.69) is 51.0 Å². The molecule has 0 saturated heterocycles. The Bertz CT molecular complexity index is 433. The summed E-state index contributed by atoms with van der Waals surface area (Å²) in [5.41, 5.74) is 1.45. The van der Waals surface area contributed by atoms with Gasteiger partial charge in [0.15, 0.2) is 0 Å². The molecule has 1 aliphatic carbocycles. The van der Waals surface area contributed by atoms with E-state index in [1.165, 1.54) is 31.2 Å². The van der Waals surface area contributed by atoms with Crippen molar-refractivity contribution in [2.24, 2.45) is 5.92 Å². The lowest BCUT2D eigenvalue weighted by molar-refractivity contribution is 0.157. The van der Waals surface area contributed by atoms with Gasteiger partial charge >= 0.3 is 0 Å². The number of hydrogen-bond donors (Lipinski definition) is 1. The third kappa shape index (κ3) is 5.15. The van der Waals surface area contributed by atoms with Gasteiger partial charge in [-0.2, -0.15) is 0 Å². The molecule has 2 unspecified atom stereocenters. The van der Waals surface area contributed by atoms with Gasteiger partial charge < -0.3 is 9.73 Å². The zero-order valence-corrected chi connectivity index (χ0v) is 14.4. The van der Waals surface area contributed by atoms with Crippen molar-refractivity contribution < 1.29 is 4.42 Å². The summed E-state index contributed by atoms with van der Waals surface area (Å²) in [6.45, 7) is 10.7. The van der Waals surface area contributed by atoms with Crippen LogP contribution in [-0.4, -0.2) is 23.5 Å². The Kier molecular flexibility index (Phi) is 5.50. The second-order valence-corrected chi connectivity index (χ2v) is 7.81. The molecule has 1 N–H and O–H groups in total. The predicted molar refractivity (Wildman–Crippen MR) is 88.2 cm³/mol. The molecule has 1 aromatic rings. The highest BCUT2D eigenvalue weighted by molar-refractivity contribution is 5.17. The average molecular weight is 292 g/mol. The van der Waals surface area contributed by atoms with Crippen molar-refractivity contribution in [1.82, 2.24) is 10.2 Å². The average Bonchev–Trinajstić information content (AvgIpc) is 2.83. The summed E-state index contributed by atoms with van der Waals surface area (Å²) in [5, 5.41) is 3.51. The molecule has 0 aromatic carbocycles. The van der Waals surface area contributed by atoms with Gasteiger partial charge in [-0.1, -0.05) is 19.8 Å². The Morgan fingerprint density at radius 2 is 2.10 bits per heavy atom. The molecule has 1 heterocycles. The molecule has 0 bridgehead atoms. The largest absolute Gasteiger partial charge is 0.468 e. The number of nitrogens with zero attached hydrogens (tertiary/aromatic N) is 1. The van der Waals surface area contributed by atoms with Crippen LogP contribution in [0, 0.1) is 5.92 Å². The molecule has 21 heavy (non-hydrogen) atoms. The topological polar surface area (TPSA) is 28.4 Å². The highest BCUT2D eigenvalue weighted by Gasteiger charge is 2.23. The molecule has 0 amide bonds. The summed E-state index contributed by atoms with van der Waals surface area (Å²) >= 11 is 0. The Balaban J connectivity index is 1.92. The van der Waals surface area contributed by atoms with E-state index in [4.69, 9.17) is 4.42 Å². The van der Waals surface area contributed by atoms with Crippen molar-refractivity contribution in [3.8, 4) is 0 Å². The molecule has 3 nitrogen and oxygen atoms in total. The van der Waals surface area contributed by atoms with Crippen LogP contribution in [-0.2, 0) is 13.1 Å². The summed E-state index contributed by atoms with van der Waals surface area (Å²) in [4.78, 5) is 2.51. The van der Waals surface area contributed by atoms with Crippen LogP contribution in [0.2, 0.25) is 0 Å². The van der Waals surface area contributed by atoms with Crippen LogP contribution in [0.5, 0.6) is 0 Å². The number of furan rings is 1. The van der Waals surface area contributed by atoms with E-state index in [1.54, 1.807) is 0 Å². The van der Waals surface area contributed by atoms with Crippen LogP contribution >= 0.6 is 0 Å². The smallest absolute Gasteiger partial charge is 0.122 e. The SMILES string of the molecule is CC1CCCC(N(C)Cc2ccoc2CNC(C)(C)C)C1. The molecule has 1 fully saturated rings. The van der Waals surface area contributed by atoms with E-state index in [0.717, 1.165) is 30.8 Å². The van der Waals surface area contributed by atoms with E-state index >= 15 is 0 Å². The normalized spacial score (nSPS) is 23.7. The fourth-order valence-electron chi connectivity index (χ4n) is 3.21. The predicted octanol–water partition coefficient (Wildman–Crippen LogP) is 4.18. The van der Waals surface area contributed by atoms with Crippen molar-refractivity contribution in [2.75, 3.05) is 7.05 Å². The standard InChI is InChI=1S/C18H32N2O/c1-14-7-6-8-16(11-14)20(5)13-15-9-10-21-17(15)12-19-18(2,3)4/h9-10,14,16,19H,6-8,11-13H2,1-5H3. The van der Waals surface area contributed by atoms with Gasteiger partial charge in [-0.25, -0.2) is 0 Å². The van der Waals surface area contributed by atoms with Crippen molar-refractivity contribution >= 4 is 0 Å². The summed E-state index contributed by atoms with van der Waals surface area (Å²) in [7, 11) is 2.26. The molecule has 2 rings (SSSR count). The second kappa shape index (κ2) is 6.97. The van der Waals surface area contributed by atoms with Gasteiger partial charge in [0.2, 0.25) is 0 Å². The second-order valence-electron chi connectivity index (χ2n) is 7.81. The molecule has 120 valence electrons. The molecular formula is C18H32N2O. The minimum atomic E-state index is 0.120. The van der Waals surface area contributed by atoms with Gasteiger partial charge in [0.05, 0.1) is 12.8 Å². The molecular weight excluding hydrogens is 260 g/mol. The first-order valence-electron chi connectivity index (χ1n) is 8.35. The third-order valence-electron chi connectivity index (χ3n) is 4.57. The third-order valence-corrected chi connectivity index (χ3v) is 4.57. The van der Waals surface area contributed by atoms with E-state index in [9.17, 15) is 0 Å². The molecule has 3 heteroatoms. The molecule has 2 atom stereocenters. The molecule has 1 aliphatic rings. The fourth-order valence-corrected chi connectivity index (χ4v) is 3.21. The maximum absolute atomic E-state index is 5.68. The lowest BCUT2D eigenvalue weighted by atomic mass is 9.86. The van der Waals surface area contributed by atoms with Gasteiger partial charge in [-0.3, -0.25) is 4.90 Å². The summed E-state index contributed by atoms with van der Waals surface area (Å²) in [5.74, 6) is 1.96. The van der Waals surface area contributed by atoms with Crippen molar-refractivity contribution in [2.45, 2.75) is 78.0 Å². The van der Waals surface area contributed by atoms with E-state index in [-0.39, 0.29) is 5.54 Å². The molecule has 1 saturated carbocycles. The zero-order chi connectivity index (χ0) is 15.5. The maximum atomic E-state index is 5.68. The van der Waals surface area contributed by atoms with Gasteiger partial charge in [-0.05, 0) is 52.6 Å². The summed E-state index contributed by atoms with van der Waals surface area (Å²) in [6.07, 6.45) is 7.28. The number of rotatable bonds is 5. The lowest BCUT2D eigenvalue weighted by Crippen LogP contribution is -2.36. The van der Waals surface area contributed by atoms with Crippen LogP contribution in [0.4, 0.5) is 0 Å². The zero-order valence-electron chi connectivity index (χ0n) is 14.4. The highest BCUT2D eigenvalue weighted by atomic mass is 16.3. The van der Waals surface area contributed by atoms with Gasteiger partial charge in [0.25, 0.3) is 0 Å². The number of nitrogens with one attached hydrogen (secondary N) is 1. The first-order chi connectivity index (χ1) is 9.85. The van der Waals surface area contributed by atoms with E-state index < -0.39 is 0 Å². The summed E-state index contributed by atoms with van der Waals surface area (Å²) < 4.78 is 5.68. The first-order valence-corrected chi connectivity index (χ1v) is 8.35. The fraction of sp³-hybridized carbons (Fsp3) is 0.778. The first kappa shape index (κ1) is 16.6. The van der Waals surface area contributed by atoms with Crippen molar-refractivity contribution in [3.05, 3.63) is 23.7 Å². The van der Waals surface area contributed by atoms with Gasteiger partial charge in [0.1, 0.15) is 5.76 Å². The lowest BCUT2D eigenvalue weighted by Gasteiger charge is -2.34. The quantitative estimate of drug-likeness (QED) is 0.882. The van der Waals surface area contributed by atoms with Crippen LogP contribution in [0.25, 0.3) is 0 Å². The van der Waals surface area contributed by atoms with Gasteiger partial charge in [0, 0.05) is 23.7 Å². The Labute approximate surface area is 130 Å². The Hall–Kier alpha value is -0.800. The van der Waals surface area contributed by atoms with Crippen molar-refractivity contribution in [3.63, 3.8) is 0 Å². The minimum Gasteiger partial charge on any atom is -0.468 e. The van der Waals surface area contributed by atoms with Crippen LogP contribution < -0.4 is 5.32 Å². The van der Waals surface area contributed by atoms with Crippen LogP contribution in [0.3, 0.4) is 0 Å². The van der Waals surface area contributed by atoms with Gasteiger partial charge in [-0.15, -0.1) is 0 Å². The van der Waals surface area contributed by atoms with E-state index in [1.807, 2.05) is 6.26 Å². The maximum Gasteiger partial charge on any atom is 0.122 e. The summed E-state index contributed by atoms with van der Waals surface area (Å²) in [6, 6.07) is 2.86. The van der Waals surface area contributed by atoms with E-state index in [0.29, 0.717) is 0 Å². The Morgan fingerprint density at radius 1 is 1.33 bits per heavy atom. The molecule has 0 spiro atoms. The van der Waals surface area contributed by atoms with Crippen LogP contribution in [0.15, 0.2) is 16.7 Å². The molecule has 0 aliphatic heterocycles. The molecule has 1 aromatic heterocycles.